The van der Waals surface area contributed by atoms with Crippen molar-refractivity contribution in [1.29, 1.82) is 0 Å². The Morgan fingerprint density at radius 2 is 1.85 bits per heavy atom. The molecule has 2 heterocycles. The molecule has 2 amide bonds. The highest BCUT2D eigenvalue weighted by Crippen LogP contribution is 2.28. The van der Waals surface area contributed by atoms with Gasteiger partial charge in [0.2, 0.25) is 5.91 Å². The lowest BCUT2D eigenvalue weighted by molar-refractivity contribution is -0.145. The predicted octanol–water partition coefficient (Wildman–Crippen LogP) is 3.93. The van der Waals surface area contributed by atoms with Gasteiger partial charge in [0.25, 0.3) is 5.91 Å². The topological polar surface area (TPSA) is 53.5 Å². The van der Waals surface area contributed by atoms with E-state index < -0.39 is 11.9 Å². The second kappa shape index (κ2) is 7.82. The molecule has 0 N–H and O–H groups in total. The van der Waals surface area contributed by atoms with Gasteiger partial charge in [-0.1, -0.05) is 49.2 Å². The lowest BCUT2D eigenvalue weighted by Gasteiger charge is -2.41. The van der Waals surface area contributed by atoms with E-state index in [1.165, 1.54) is 11.1 Å². The molecule has 5 nitrogen and oxygen atoms in total. The molecule has 1 unspecified atom stereocenters. The van der Waals surface area contributed by atoms with Gasteiger partial charge in [0.15, 0.2) is 11.6 Å². The average Bonchev–Trinajstić information content (AvgIpc) is 2.60. The fourth-order valence-electron chi connectivity index (χ4n) is 3.16. The second-order valence-electron chi connectivity index (χ2n) is 6.72. The maximum absolute atomic E-state index is 14.3. The van der Waals surface area contributed by atoms with Crippen LogP contribution < -0.4 is 4.90 Å². The summed E-state index contributed by atoms with van der Waals surface area (Å²) in [6.07, 6.45) is 1.25. The van der Waals surface area contributed by atoms with Gasteiger partial charge in [-0.2, -0.15) is 0 Å². The number of anilines is 1. The third kappa shape index (κ3) is 4.06. The van der Waals surface area contributed by atoms with Crippen molar-refractivity contribution < 1.29 is 14.0 Å². The number of halogens is 3. The summed E-state index contributed by atoms with van der Waals surface area (Å²) in [5.74, 6) is -1.73. The smallest absolute Gasteiger partial charge is 0.251 e. The molecule has 1 atom stereocenters. The SMILES string of the molecule is CC(C)C1C(=O)N(c2ncc(Cl)cc2F)CC(=O)N1Cc1ccc(Cl)cc1. The Hall–Kier alpha value is -2.18. The highest BCUT2D eigenvalue weighted by molar-refractivity contribution is 6.30. The van der Waals surface area contributed by atoms with Crippen LogP contribution in [0.1, 0.15) is 19.4 Å². The molecule has 1 aliphatic heterocycles. The quantitative estimate of drug-likeness (QED) is 0.768. The first kappa shape index (κ1) is 19.6. The highest BCUT2D eigenvalue weighted by atomic mass is 35.5. The van der Waals surface area contributed by atoms with Crippen LogP contribution in [0, 0.1) is 11.7 Å². The Bertz CT molecular complexity index is 874. The van der Waals surface area contributed by atoms with Gasteiger partial charge in [0.1, 0.15) is 12.6 Å². The summed E-state index contributed by atoms with van der Waals surface area (Å²) in [4.78, 5) is 32.4. The van der Waals surface area contributed by atoms with E-state index in [1.54, 1.807) is 12.1 Å². The summed E-state index contributed by atoms with van der Waals surface area (Å²) in [6, 6.07) is 7.44. The van der Waals surface area contributed by atoms with E-state index in [-0.39, 0.29) is 41.7 Å². The van der Waals surface area contributed by atoms with Crippen LogP contribution in [0.2, 0.25) is 10.0 Å². The van der Waals surface area contributed by atoms with Crippen LogP contribution in [0.4, 0.5) is 10.2 Å². The minimum absolute atomic E-state index is 0.122. The van der Waals surface area contributed by atoms with Gasteiger partial charge in [0, 0.05) is 17.8 Å². The molecule has 27 heavy (non-hydrogen) atoms. The van der Waals surface area contributed by atoms with E-state index in [1.807, 2.05) is 26.0 Å². The maximum Gasteiger partial charge on any atom is 0.251 e. The first-order valence-electron chi connectivity index (χ1n) is 8.44. The van der Waals surface area contributed by atoms with Crippen molar-refractivity contribution in [3.8, 4) is 0 Å². The summed E-state index contributed by atoms with van der Waals surface area (Å²) in [6.45, 7) is 3.69. The average molecular weight is 410 g/mol. The number of hydrogen-bond acceptors (Lipinski definition) is 3. The molecule has 1 aliphatic rings. The molecule has 2 aromatic rings. The zero-order chi connectivity index (χ0) is 19.7. The number of benzene rings is 1. The van der Waals surface area contributed by atoms with Crippen molar-refractivity contribution in [3.05, 3.63) is 58.0 Å². The number of carbonyl (C=O) groups excluding carboxylic acids is 2. The molecule has 0 aliphatic carbocycles. The van der Waals surface area contributed by atoms with Crippen molar-refractivity contribution in [2.45, 2.75) is 26.4 Å². The summed E-state index contributed by atoms with van der Waals surface area (Å²) < 4.78 is 14.3. The third-order valence-corrected chi connectivity index (χ3v) is 4.87. The largest absolute Gasteiger partial charge is 0.325 e. The van der Waals surface area contributed by atoms with Crippen molar-refractivity contribution in [2.24, 2.45) is 5.92 Å². The highest BCUT2D eigenvalue weighted by Gasteiger charge is 2.42. The van der Waals surface area contributed by atoms with Gasteiger partial charge in [-0.25, -0.2) is 9.37 Å². The van der Waals surface area contributed by atoms with E-state index in [2.05, 4.69) is 4.98 Å². The maximum atomic E-state index is 14.3. The molecular formula is C19H18Cl2FN3O2. The molecule has 0 bridgehead atoms. The number of amides is 2. The Labute approximate surface area is 166 Å². The molecular weight excluding hydrogens is 392 g/mol. The van der Waals surface area contributed by atoms with Gasteiger partial charge in [-0.3, -0.25) is 14.5 Å². The Balaban J connectivity index is 1.92. The summed E-state index contributed by atoms with van der Waals surface area (Å²) in [5.41, 5.74) is 0.857. The van der Waals surface area contributed by atoms with Gasteiger partial charge < -0.3 is 4.90 Å². The Morgan fingerprint density at radius 3 is 2.44 bits per heavy atom. The van der Waals surface area contributed by atoms with Gasteiger partial charge in [-0.15, -0.1) is 0 Å². The molecule has 0 spiro atoms. The number of pyridine rings is 1. The fraction of sp³-hybridized carbons (Fsp3) is 0.316. The minimum atomic E-state index is -0.739. The molecule has 142 valence electrons. The first-order valence-corrected chi connectivity index (χ1v) is 9.20. The van der Waals surface area contributed by atoms with Gasteiger partial charge in [0.05, 0.1) is 5.02 Å². The van der Waals surface area contributed by atoms with Crippen molar-refractivity contribution in [2.75, 3.05) is 11.4 Å². The lowest BCUT2D eigenvalue weighted by atomic mass is 9.97. The Kier molecular flexibility index (Phi) is 5.67. The van der Waals surface area contributed by atoms with Crippen LogP contribution in [-0.2, 0) is 16.1 Å². The van der Waals surface area contributed by atoms with Gasteiger partial charge >= 0.3 is 0 Å². The van der Waals surface area contributed by atoms with E-state index in [4.69, 9.17) is 23.2 Å². The number of piperazine rings is 1. The lowest BCUT2D eigenvalue weighted by Crippen LogP contribution is -2.61. The Morgan fingerprint density at radius 1 is 1.19 bits per heavy atom. The van der Waals surface area contributed by atoms with Crippen LogP contribution in [0.15, 0.2) is 36.5 Å². The molecule has 1 aromatic heterocycles. The van der Waals surface area contributed by atoms with Crippen molar-refractivity contribution in [1.82, 2.24) is 9.88 Å². The molecule has 0 radical (unpaired) electrons. The van der Waals surface area contributed by atoms with E-state index >= 15 is 0 Å². The van der Waals surface area contributed by atoms with E-state index in [0.29, 0.717) is 5.02 Å². The molecule has 3 rings (SSSR count). The minimum Gasteiger partial charge on any atom is -0.325 e. The standard InChI is InChI=1S/C19H18Cl2FN3O2/c1-11(2)17-19(27)25(18-15(22)7-14(21)8-23-18)10-16(26)24(17)9-12-3-5-13(20)6-4-12/h3-8,11,17H,9-10H2,1-2H3. The molecule has 1 saturated heterocycles. The second-order valence-corrected chi connectivity index (χ2v) is 7.59. The zero-order valence-corrected chi connectivity index (χ0v) is 16.3. The first-order chi connectivity index (χ1) is 12.8. The molecule has 0 saturated carbocycles. The van der Waals surface area contributed by atoms with Crippen molar-refractivity contribution >= 4 is 40.8 Å². The van der Waals surface area contributed by atoms with Crippen LogP contribution in [-0.4, -0.2) is 34.3 Å². The van der Waals surface area contributed by atoms with Crippen molar-refractivity contribution in [3.63, 3.8) is 0 Å². The van der Waals surface area contributed by atoms with Gasteiger partial charge in [-0.05, 0) is 29.7 Å². The van der Waals surface area contributed by atoms with Crippen LogP contribution in [0.5, 0.6) is 0 Å². The summed E-state index contributed by atoms with van der Waals surface area (Å²) in [7, 11) is 0. The molecule has 1 aromatic carbocycles. The number of carbonyl (C=O) groups is 2. The zero-order valence-electron chi connectivity index (χ0n) is 14.8. The molecule has 1 fully saturated rings. The molecule has 8 heteroatoms. The number of aromatic nitrogens is 1. The van der Waals surface area contributed by atoms with Crippen LogP contribution >= 0.6 is 23.2 Å². The van der Waals surface area contributed by atoms with Crippen LogP contribution in [0.25, 0.3) is 0 Å². The predicted molar refractivity (Wildman–Crippen MR) is 102 cm³/mol. The van der Waals surface area contributed by atoms with E-state index in [9.17, 15) is 14.0 Å². The number of hydrogen-bond donors (Lipinski definition) is 0. The van der Waals surface area contributed by atoms with Crippen LogP contribution in [0.3, 0.4) is 0 Å². The van der Waals surface area contributed by atoms with E-state index in [0.717, 1.165) is 16.5 Å². The fourth-order valence-corrected chi connectivity index (χ4v) is 3.43. The number of nitrogens with zero attached hydrogens (tertiary/aromatic N) is 3. The normalized spacial score (nSPS) is 17.8. The third-order valence-electron chi connectivity index (χ3n) is 4.41. The summed E-state index contributed by atoms with van der Waals surface area (Å²) in [5, 5.41) is 0.715. The summed E-state index contributed by atoms with van der Waals surface area (Å²) >= 11 is 11.6. The number of rotatable bonds is 4. The monoisotopic (exact) mass is 409 g/mol.